The summed E-state index contributed by atoms with van der Waals surface area (Å²) in [4.78, 5) is 0. The fourth-order valence-corrected chi connectivity index (χ4v) is 3.15. The third-order valence-electron chi connectivity index (χ3n) is 1.83. The molecule has 0 aromatic rings. The fourth-order valence-electron chi connectivity index (χ4n) is 1.09. The molecule has 0 N–H and O–H groups in total. The summed E-state index contributed by atoms with van der Waals surface area (Å²) < 4.78 is 0. The zero-order valence-corrected chi connectivity index (χ0v) is 10.5. The van der Waals surface area contributed by atoms with E-state index in [0.717, 1.165) is 18.7 Å². The highest BCUT2D eigenvalue weighted by Crippen LogP contribution is 2.12. The predicted molar refractivity (Wildman–Crippen MR) is 62.6 cm³/mol. The van der Waals surface area contributed by atoms with Gasteiger partial charge in [0.25, 0.3) is 0 Å². The number of hydrogen-bond donors (Lipinski definition) is 0. The Labute approximate surface area is 88.2 Å². The maximum Gasteiger partial charge on any atom is 0.0307 e. The zero-order chi connectivity index (χ0) is 9.23. The van der Waals surface area contributed by atoms with Gasteiger partial charge in [-0.3, -0.25) is 0 Å². The molecule has 0 saturated heterocycles. The van der Waals surface area contributed by atoms with Crippen molar-refractivity contribution in [1.82, 2.24) is 0 Å². The highest BCUT2D eigenvalue weighted by Gasteiger charge is 2.02. The van der Waals surface area contributed by atoms with Crippen LogP contribution in [0.25, 0.3) is 0 Å². The first-order valence-electron chi connectivity index (χ1n) is 4.62. The van der Waals surface area contributed by atoms with E-state index in [1.54, 1.807) is 0 Å². The molecule has 0 rings (SSSR count). The summed E-state index contributed by atoms with van der Waals surface area (Å²) in [5, 5.41) is 0.403. The summed E-state index contributed by atoms with van der Waals surface area (Å²) in [7, 11) is 0.0466. The van der Waals surface area contributed by atoms with Crippen LogP contribution in [0.4, 0.5) is 0 Å². The van der Waals surface area contributed by atoms with Crippen LogP contribution in [0.2, 0.25) is 12.1 Å². The minimum atomic E-state index is 0.0466. The second-order valence-electron chi connectivity index (χ2n) is 3.00. The molecule has 0 aliphatic rings. The highest BCUT2D eigenvalue weighted by molar-refractivity contribution is 6.39. The molecule has 0 aromatic heterocycles. The first-order chi connectivity index (χ1) is 5.81. The molecule has 0 spiro atoms. The fraction of sp³-hybridized carbons (Fsp3) is 0.778. The average Bonchev–Trinajstić information content (AvgIpc) is 2.06. The van der Waals surface area contributed by atoms with Crippen molar-refractivity contribution in [3.63, 3.8) is 0 Å². The van der Waals surface area contributed by atoms with Gasteiger partial charge in [-0.1, -0.05) is 12.5 Å². The second kappa shape index (κ2) is 9.62. The normalized spacial score (nSPS) is 13.8. The van der Waals surface area contributed by atoms with Gasteiger partial charge in [-0.05, 0) is 24.9 Å². The van der Waals surface area contributed by atoms with Crippen LogP contribution in [-0.2, 0) is 0 Å². The number of alkyl halides is 2. The van der Waals surface area contributed by atoms with Crippen LogP contribution < -0.4 is 0 Å². The number of allylic oxidation sites excluding steroid dienone is 1. The van der Waals surface area contributed by atoms with Gasteiger partial charge < -0.3 is 0 Å². The molecule has 0 heterocycles. The Balaban J connectivity index is 3.09. The molecule has 0 aliphatic heterocycles. The van der Waals surface area contributed by atoms with Crippen LogP contribution in [0.3, 0.4) is 0 Å². The molecule has 0 aliphatic carbocycles. The van der Waals surface area contributed by atoms with Crippen molar-refractivity contribution in [2.24, 2.45) is 0 Å². The maximum atomic E-state index is 6.11. The van der Waals surface area contributed by atoms with E-state index in [1.807, 2.05) is 6.08 Å². The van der Waals surface area contributed by atoms with Crippen molar-refractivity contribution in [3.05, 3.63) is 12.7 Å². The van der Waals surface area contributed by atoms with Crippen LogP contribution in [0.1, 0.15) is 19.3 Å². The Kier molecular flexibility index (Phi) is 10.1. The molecule has 0 bridgehead atoms. The zero-order valence-electron chi connectivity index (χ0n) is 7.57. The number of hydrogen-bond acceptors (Lipinski definition) is 0. The molecule has 0 nitrogen and oxygen atoms in total. The molecule has 0 radical (unpaired) electrons. The summed E-state index contributed by atoms with van der Waals surface area (Å²) >= 11 is 11.7. The lowest BCUT2D eigenvalue weighted by molar-refractivity contribution is 0.709. The summed E-state index contributed by atoms with van der Waals surface area (Å²) in [5.74, 6) is 0.772. The Hall–Kier alpha value is 0.537. The maximum absolute atomic E-state index is 6.11. The molecule has 0 amide bonds. The van der Waals surface area contributed by atoms with Gasteiger partial charge >= 0.3 is 0 Å². The van der Waals surface area contributed by atoms with E-state index in [0.29, 0.717) is 5.38 Å². The number of unbranched alkanes of at least 4 members (excludes halogenated alkanes) is 1. The van der Waals surface area contributed by atoms with Gasteiger partial charge in [0.15, 0.2) is 0 Å². The quantitative estimate of drug-likeness (QED) is 0.257. The minimum Gasteiger partial charge on any atom is -0.127 e. The van der Waals surface area contributed by atoms with Crippen LogP contribution >= 0.6 is 23.2 Å². The van der Waals surface area contributed by atoms with Gasteiger partial charge in [0, 0.05) is 20.8 Å². The second-order valence-corrected chi connectivity index (χ2v) is 5.86. The van der Waals surface area contributed by atoms with Gasteiger partial charge in [0.05, 0.1) is 0 Å². The molecular formula is C9H18Cl2Si. The Morgan fingerprint density at radius 2 is 2.17 bits per heavy atom. The van der Waals surface area contributed by atoms with Crippen molar-refractivity contribution in [1.29, 1.82) is 0 Å². The van der Waals surface area contributed by atoms with Crippen LogP contribution in [0.5, 0.6) is 0 Å². The topological polar surface area (TPSA) is 0 Å². The SMILES string of the molecule is C=CC[SiH2]CC(Cl)CCCCCl. The molecule has 1 atom stereocenters. The van der Waals surface area contributed by atoms with Crippen molar-refractivity contribution < 1.29 is 0 Å². The lowest BCUT2D eigenvalue weighted by Gasteiger charge is -2.06. The van der Waals surface area contributed by atoms with Crippen LogP contribution in [-0.4, -0.2) is 20.8 Å². The standard InChI is InChI=1S/C9H18Cl2Si/c1-2-7-12-8-9(11)5-3-4-6-10/h2,9H,1,3-8,12H2. The monoisotopic (exact) mass is 224 g/mol. The largest absolute Gasteiger partial charge is 0.127 e. The third-order valence-corrected chi connectivity index (χ3v) is 4.82. The summed E-state index contributed by atoms with van der Waals surface area (Å²) in [6, 6.07) is 2.47. The highest BCUT2D eigenvalue weighted by atomic mass is 35.5. The Morgan fingerprint density at radius 1 is 1.42 bits per heavy atom. The molecule has 12 heavy (non-hydrogen) atoms. The summed E-state index contributed by atoms with van der Waals surface area (Å²) in [5.41, 5.74) is 0. The molecule has 0 aromatic carbocycles. The van der Waals surface area contributed by atoms with Crippen molar-refractivity contribution in [2.75, 3.05) is 5.88 Å². The van der Waals surface area contributed by atoms with E-state index in [-0.39, 0.29) is 9.52 Å². The van der Waals surface area contributed by atoms with Gasteiger partial charge in [0.2, 0.25) is 0 Å². The average molecular weight is 225 g/mol. The van der Waals surface area contributed by atoms with Gasteiger partial charge in [-0.2, -0.15) is 0 Å². The predicted octanol–water partition coefficient (Wildman–Crippen LogP) is 3.19. The number of halogens is 2. The van der Waals surface area contributed by atoms with E-state index >= 15 is 0 Å². The first kappa shape index (κ1) is 12.5. The molecule has 0 saturated carbocycles. The molecule has 1 unspecified atom stereocenters. The van der Waals surface area contributed by atoms with E-state index in [9.17, 15) is 0 Å². The van der Waals surface area contributed by atoms with E-state index in [2.05, 4.69) is 6.58 Å². The molecule has 3 heteroatoms. The first-order valence-corrected chi connectivity index (χ1v) is 7.59. The lowest BCUT2D eigenvalue weighted by Crippen LogP contribution is -2.02. The summed E-state index contributed by atoms with van der Waals surface area (Å²) in [6.45, 7) is 3.71. The van der Waals surface area contributed by atoms with Crippen LogP contribution in [0.15, 0.2) is 12.7 Å². The van der Waals surface area contributed by atoms with Crippen molar-refractivity contribution >= 4 is 32.7 Å². The van der Waals surface area contributed by atoms with E-state index < -0.39 is 0 Å². The van der Waals surface area contributed by atoms with E-state index in [1.165, 1.54) is 18.5 Å². The third kappa shape index (κ3) is 8.63. The minimum absolute atomic E-state index is 0.0466. The molecule has 0 fully saturated rings. The number of rotatable bonds is 8. The van der Waals surface area contributed by atoms with Gasteiger partial charge in [0.1, 0.15) is 0 Å². The molecule has 72 valence electrons. The van der Waals surface area contributed by atoms with Crippen molar-refractivity contribution in [3.8, 4) is 0 Å². The van der Waals surface area contributed by atoms with Gasteiger partial charge in [-0.25, -0.2) is 0 Å². The summed E-state index contributed by atoms with van der Waals surface area (Å²) in [6.07, 6.45) is 5.43. The van der Waals surface area contributed by atoms with Crippen molar-refractivity contribution in [2.45, 2.75) is 36.7 Å². The van der Waals surface area contributed by atoms with Crippen LogP contribution in [0, 0.1) is 0 Å². The molecular weight excluding hydrogens is 207 g/mol. The Bertz CT molecular complexity index is 107. The van der Waals surface area contributed by atoms with E-state index in [4.69, 9.17) is 23.2 Å². The smallest absolute Gasteiger partial charge is 0.0307 e. The van der Waals surface area contributed by atoms with Gasteiger partial charge in [-0.15, -0.1) is 29.8 Å². The lowest BCUT2D eigenvalue weighted by atomic mass is 10.2. The Morgan fingerprint density at radius 3 is 2.75 bits per heavy atom.